The number of carbonyl (C=O) groups is 3. The molecule has 0 spiro atoms. The number of unbranched alkanes of at least 4 members (excludes halogenated alkanes) is 1. The molecule has 3 amide bonds. The Kier molecular flexibility index (Phi) is 8.44. The van der Waals surface area contributed by atoms with Crippen molar-refractivity contribution in [2.24, 2.45) is 0 Å². The van der Waals surface area contributed by atoms with Gasteiger partial charge in [-0.05, 0) is 54.3 Å². The van der Waals surface area contributed by atoms with Gasteiger partial charge in [0.25, 0.3) is 5.91 Å². The number of benzene rings is 3. The van der Waals surface area contributed by atoms with Crippen LogP contribution in [-0.4, -0.2) is 68.8 Å². The van der Waals surface area contributed by atoms with Gasteiger partial charge in [-0.15, -0.1) is 0 Å². The zero-order chi connectivity index (χ0) is 29.1. The SMILES string of the molecule is CCCC[C@@H]1ON(C(=O)OCc2cccc3ccccc23)C2CN(C(C)C)C(=O)[C@H](Cc3ccc(O)cc3)N2C1=O. The first kappa shape index (κ1) is 28.4. The van der Waals surface area contributed by atoms with Gasteiger partial charge in [0.1, 0.15) is 18.4 Å². The molecular formula is C32H37N3O6. The summed E-state index contributed by atoms with van der Waals surface area (Å²) in [5, 5.41) is 12.9. The van der Waals surface area contributed by atoms with Gasteiger partial charge in [-0.2, -0.15) is 5.06 Å². The van der Waals surface area contributed by atoms with E-state index in [4.69, 9.17) is 9.57 Å². The number of phenolic OH excluding ortho intramolecular Hbond substituents is 1. The number of amides is 3. The average molecular weight is 560 g/mol. The number of hydroxylamine groups is 2. The third-order valence-corrected chi connectivity index (χ3v) is 7.85. The van der Waals surface area contributed by atoms with E-state index in [1.807, 2.05) is 63.2 Å². The largest absolute Gasteiger partial charge is 0.508 e. The van der Waals surface area contributed by atoms with Gasteiger partial charge in [0.05, 0.1) is 6.54 Å². The van der Waals surface area contributed by atoms with Crippen LogP contribution in [0.3, 0.4) is 0 Å². The Morgan fingerprint density at radius 1 is 1.02 bits per heavy atom. The Bertz CT molecular complexity index is 1400. The van der Waals surface area contributed by atoms with Gasteiger partial charge in [0.2, 0.25) is 5.91 Å². The zero-order valence-electron chi connectivity index (χ0n) is 23.7. The summed E-state index contributed by atoms with van der Waals surface area (Å²) in [5.74, 6) is -0.368. The molecule has 9 heteroatoms. The molecule has 1 unspecified atom stereocenters. The molecule has 0 bridgehead atoms. The number of hydrogen-bond donors (Lipinski definition) is 1. The van der Waals surface area contributed by atoms with Crippen LogP contribution in [-0.2, 0) is 32.2 Å². The molecule has 0 saturated carbocycles. The number of rotatable bonds is 8. The molecule has 3 aromatic rings. The summed E-state index contributed by atoms with van der Waals surface area (Å²) in [6.45, 7) is 5.97. The molecule has 0 radical (unpaired) electrons. The van der Waals surface area contributed by atoms with Crippen molar-refractivity contribution in [1.29, 1.82) is 0 Å². The first-order valence-electron chi connectivity index (χ1n) is 14.3. The molecule has 5 rings (SSSR count). The highest BCUT2D eigenvalue weighted by atomic mass is 16.7. The molecule has 2 saturated heterocycles. The first-order chi connectivity index (χ1) is 19.8. The van der Waals surface area contributed by atoms with Crippen molar-refractivity contribution in [3.63, 3.8) is 0 Å². The summed E-state index contributed by atoms with van der Waals surface area (Å²) >= 11 is 0. The summed E-state index contributed by atoms with van der Waals surface area (Å²) in [7, 11) is 0. The lowest BCUT2D eigenvalue weighted by molar-refractivity contribution is -0.268. The normalized spacial score (nSPS) is 21.0. The van der Waals surface area contributed by atoms with E-state index in [2.05, 4.69) is 0 Å². The molecule has 2 heterocycles. The van der Waals surface area contributed by atoms with Crippen molar-refractivity contribution < 1.29 is 29.1 Å². The molecule has 9 nitrogen and oxygen atoms in total. The van der Waals surface area contributed by atoms with Crippen molar-refractivity contribution in [2.75, 3.05) is 6.54 Å². The predicted molar refractivity (Wildman–Crippen MR) is 153 cm³/mol. The molecule has 0 aliphatic carbocycles. The van der Waals surface area contributed by atoms with E-state index >= 15 is 0 Å². The number of nitrogens with zero attached hydrogens (tertiary/aromatic N) is 3. The van der Waals surface area contributed by atoms with Gasteiger partial charge in [-0.3, -0.25) is 14.4 Å². The molecular weight excluding hydrogens is 522 g/mol. The highest BCUT2D eigenvalue weighted by Crippen LogP contribution is 2.32. The molecule has 0 aromatic heterocycles. The third-order valence-electron chi connectivity index (χ3n) is 7.85. The van der Waals surface area contributed by atoms with Crippen LogP contribution < -0.4 is 0 Å². The van der Waals surface area contributed by atoms with E-state index in [1.165, 1.54) is 9.96 Å². The summed E-state index contributed by atoms with van der Waals surface area (Å²) in [4.78, 5) is 50.6. The summed E-state index contributed by atoms with van der Waals surface area (Å²) in [5.41, 5.74) is 1.65. The smallest absolute Gasteiger partial charge is 0.436 e. The number of fused-ring (bicyclic) bond motifs is 2. The van der Waals surface area contributed by atoms with E-state index in [0.717, 1.165) is 34.7 Å². The highest BCUT2D eigenvalue weighted by Gasteiger charge is 2.53. The number of ether oxygens (including phenoxy) is 1. The van der Waals surface area contributed by atoms with Crippen LogP contribution in [0.1, 0.15) is 51.2 Å². The minimum atomic E-state index is -0.906. The fourth-order valence-corrected chi connectivity index (χ4v) is 5.64. The van der Waals surface area contributed by atoms with Crippen molar-refractivity contribution >= 4 is 28.7 Å². The van der Waals surface area contributed by atoms with Crippen LogP contribution in [0.2, 0.25) is 0 Å². The molecule has 2 aliphatic heterocycles. The maximum atomic E-state index is 13.8. The van der Waals surface area contributed by atoms with E-state index in [-0.39, 0.29) is 43.2 Å². The Labute approximate surface area is 240 Å². The molecule has 41 heavy (non-hydrogen) atoms. The van der Waals surface area contributed by atoms with Gasteiger partial charge >= 0.3 is 6.09 Å². The first-order valence-corrected chi connectivity index (χ1v) is 14.3. The minimum Gasteiger partial charge on any atom is -0.508 e. The van der Waals surface area contributed by atoms with Crippen molar-refractivity contribution in [1.82, 2.24) is 14.9 Å². The summed E-state index contributed by atoms with van der Waals surface area (Å²) in [6, 6.07) is 19.3. The van der Waals surface area contributed by atoms with Crippen LogP contribution in [0.5, 0.6) is 5.75 Å². The molecule has 3 aromatic carbocycles. The monoisotopic (exact) mass is 559 g/mol. The van der Waals surface area contributed by atoms with E-state index in [9.17, 15) is 19.5 Å². The number of phenols is 1. The topological polar surface area (TPSA) is 99.6 Å². The standard InChI is InChI=1S/C32H37N3O6/c1-4-5-13-28-31(38)34-27(18-22-14-16-25(36)17-15-22)30(37)33(21(2)3)19-29(34)35(41-28)32(39)40-20-24-11-8-10-23-9-6-7-12-26(23)24/h6-12,14-17,21,27-29,36H,4-5,13,18-20H2,1-3H3/t27-,28-,29?/m0/s1. The van der Waals surface area contributed by atoms with Crippen LogP contribution in [0, 0.1) is 0 Å². The Morgan fingerprint density at radius 2 is 1.76 bits per heavy atom. The van der Waals surface area contributed by atoms with Crippen molar-refractivity contribution in [2.45, 2.75) is 77.4 Å². The van der Waals surface area contributed by atoms with E-state index in [1.54, 1.807) is 29.2 Å². The maximum absolute atomic E-state index is 13.8. The molecule has 2 fully saturated rings. The number of aromatic hydroxyl groups is 1. The predicted octanol–water partition coefficient (Wildman–Crippen LogP) is 5.00. The fraction of sp³-hybridized carbons (Fsp3) is 0.406. The lowest BCUT2D eigenvalue weighted by Gasteiger charge is -2.53. The van der Waals surface area contributed by atoms with Crippen molar-refractivity contribution in [3.05, 3.63) is 77.9 Å². The number of piperazine rings is 1. The summed E-state index contributed by atoms with van der Waals surface area (Å²) < 4.78 is 5.79. The van der Waals surface area contributed by atoms with Gasteiger partial charge in [-0.1, -0.05) is 74.4 Å². The molecule has 3 atom stereocenters. The summed E-state index contributed by atoms with van der Waals surface area (Å²) in [6.07, 6.45) is -0.228. The molecule has 2 aliphatic rings. The zero-order valence-corrected chi connectivity index (χ0v) is 23.7. The third kappa shape index (κ3) is 5.86. The molecule has 1 N–H and O–H groups in total. The Morgan fingerprint density at radius 3 is 2.49 bits per heavy atom. The second-order valence-corrected chi connectivity index (χ2v) is 11.0. The van der Waals surface area contributed by atoms with Gasteiger partial charge in [0.15, 0.2) is 12.3 Å². The van der Waals surface area contributed by atoms with E-state index < -0.39 is 24.4 Å². The second kappa shape index (κ2) is 12.2. The van der Waals surface area contributed by atoms with Gasteiger partial charge in [0, 0.05) is 12.5 Å². The maximum Gasteiger partial charge on any atom is 0.436 e. The fourth-order valence-electron chi connectivity index (χ4n) is 5.64. The van der Waals surface area contributed by atoms with Gasteiger partial charge < -0.3 is 19.6 Å². The minimum absolute atomic E-state index is 0.0318. The van der Waals surface area contributed by atoms with Crippen LogP contribution in [0.25, 0.3) is 10.8 Å². The average Bonchev–Trinajstić information content (AvgIpc) is 2.97. The lowest BCUT2D eigenvalue weighted by atomic mass is 9.97. The number of carbonyl (C=O) groups excluding carboxylic acids is 3. The highest BCUT2D eigenvalue weighted by molar-refractivity contribution is 5.92. The number of hydrogen-bond acceptors (Lipinski definition) is 6. The quantitative estimate of drug-likeness (QED) is 0.417. The van der Waals surface area contributed by atoms with E-state index in [0.29, 0.717) is 6.42 Å². The van der Waals surface area contributed by atoms with Crippen LogP contribution >= 0.6 is 0 Å². The van der Waals surface area contributed by atoms with Crippen molar-refractivity contribution in [3.8, 4) is 5.75 Å². The van der Waals surface area contributed by atoms with Crippen LogP contribution in [0.15, 0.2) is 66.7 Å². The second-order valence-electron chi connectivity index (χ2n) is 11.0. The van der Waals surface area contributed by atoms with Gasteiger partial charge in [-0.25, -0.2) is 4.79 Å². The molecule has 216 valence electrons. The van der Waals surface area contributed by atoms with Crippen LogP contribution in [0.4, 0.5) is 4.79 Å². The Balaban J connectivity index is 1.46. The lowest BCUT2D eigenvalue weighted by Crippen LogP contribution is -2.74. The Hall–Kier alpha value is -4.11.